The first-order chi connectivity index (χ1) is 15.7. The number of hydrogen-bond acceptors (Lipinski definition) is 5. The van der Waals surface area contributed by atoms with Gasteiger partial charge in [0.2, 0.25) is 5.91 Å². The molecule has 0 radical (unpaired) electrons. The van der Waals surface area contributed by atoms with E-state index >= 15 is 0 Å². The summed E-state index contributed by atoms with van der Waals surface area (Å²) >= 11 is 0. The van der Waals surface area contributed by atoms with E-state index in [0.29, 0.717) is 18.9 Å². The van der Waals surface area contributed by atoms with Gasteiger partial charge in [0.25, 0.3) is 0 Å². The van der Waals surface area contributed by atoms with Gasteiger partial charge in [-0.25, -0.2) is 0 Å². The van der Waals surface area contributed by atoms with E-state index in [4.69, 9.17) is 9.15 Å². The first-order valence-corrected chi connectivity index (χ1v) is 12.9. The van der Waals surface area contributed by atoms with Crippen molar-refractivity contribution in [3.8, 4) is 0 Å². The smallest absolute Gasteiger partial charge is 0.232 e. The van der Waals surface area contributed by atoms with Crippen LogP contribution in [-0.2, 0) is 38.2 Å². The van der Waals surface area contributed by atoms with Crippen molar-refractivity contribution in [3.63, 3.8) is 0 Å². The number of rotatable bonds is 10. The summed E-state index contributed by atoms with van der Waals surface area (Å²) < 4.78 is 23.8. The first kappa shape index (κ1) is 23.0. The van der Waals surface area contributed by atoms with Crippen molar-refractivity contribution in [2.45, 2.75) is 43.6 Å². The highest BCUT2D eigenvalue weighted by atomic mass is 32.2. The van der Waals surface area contributed by atoms with Gasteiger partial charge in [-0.15, -0.1) is 0 Å². The van der Waals surface area contributed by atoms with Gasteiger partial charge in [-0.2, -0.15) is 0 Å². The molecule has 2 aromatic rings. The molecule has 7 heteroatoms. The fraction of sp³-hybridized carbons (Fsp3) is 0.480. The van der Waals surface area contributed by atoms with Crippen LogP contribution in [0, 0.1) is 0 Å². The second kappa shape index (κ2) is 11.1. The third kappa shape index (κ3) is 5.57. The van der Waals surface area contributed by atoms with Crippen molar-refractivity contribution < 1.29 is 18.2 Å². The molecule has 6 nitrogen and oxygen atoms in total. The maximum Gasteiger partial charge on any atom is 0.232 e. The molecular formula is C25H32N2O4S. The number of piperidine rings is 1. The Kier molecular flexibility index (Phi) is 7.95. The Morgan fingerprint density at radius 2 is 2.00 bits per heavy atom. The zero-order valence-corrected chi connectivity index (χ0v) is 19.3. The molecule has 1 saturated heterocycles. The first-order valence-electron chi connectivity index (χ1n) is 11.4. The van der Waals surface area contributed by atoms with Gasteiger partial charge in [0.15, 0.2) is 0 Å². The standard InChI is InChI=1S/C25H32N2O4S/c28-24(20-32(29)19-22-10-8-17-30-22)26-14-4-7-18-31-25(27-15-5-1-6-16-27)13-12-21-9-2-3-11-23(21)25/h2-4,7-11,17H,1,5-6,12-16,18-20H2,(H,26,28)/b7-4-. The van der Waals surface area contributed by atoms with Crippen molar-refractivity contribution >= 4 is 16.7 Å². The lowest BCUT2D eigenvalue weighted by atomic mass is 9.99. The average molecular weight is 457 g/mol. The number of benzene rings is 1. The number of aryl methyl sites for hydroxylation is 1. The minimum atomic E-state index is -1.28. The molecule has 2 atom stereocenters. The number of nitrogens with zero attached hydrogens (tertiary/aromatic N) is 1. The molecule has 0 bridgehead atoms. The van der Waals surface area contributed by atoms with Crippen molar-refractivity contribution in [2.75, 3.05) is 32.0 Å². The van der Waals surface area contributed by atoms with E-state index in [1.165, 1.54) is 30.4 Å². The zero-order chi connectivity index (χ0) is 22.2. The van der Waals surface area contributed by atoms with Crippen LogP contribution in [0.3, 0.4) is 0 Å². The summed E-state index contributed by atoms with van der Waals surface area (Å²) in [6.45, 7) is 3.03. The van der Waals surface area contributed by atoms with Crippen LogP contribution in [0.1, 0.15) is 42.6 Å². The van der Waals surface area contributed by atoms with E-state index in [9.17, 15) is 9.00 Å². The minimum Gasteiger partial charge on any atom is -0.468 e. The summed E-state index contributed by atoms with van der Waals surface area (Å²) in [5, 5.41) is 2.79. The van der Waals surface area contributed by atoms with Gasteiger partial charge < -0.3 is 14.5 Å². The lowest BCUT2D eigenvalue weighted by Crippen LogP contribution is -2.49. The fourth-order valence-corrected chi connectivity index (χ4v) is 5.67. The Balaban J connectivity index is 1.25. The molecule has 1 amide bonds. The van der Waals surface area contributed by atoms with Crippen LogP contribution in [0.2, 0.25) is 0 Å². The Labute approximate surface area is 192 Å². The molecular weight excluding hydrogens is 424 g/mol. The second-order valence-electron chi connectivity index (χ2n) is 8.38. The van der Waals surface area contributed by atoms with Crippen molar-refractivity contribution in [2.24, 2.45) is 0 Å². The third-order valence-electron chi connectivity index (χ3n) is 6.22. The Hall–Kier alpha value is -2.22. The number of nitrogens with one attached hydrogen (secondary N) is 1. The number of carbonyl (C=O) groups is 1. The maximum atomic E-state index is 12.0. The van der Waals surface area contributed by atoms with Crippen LogP contribution in [0.4, 0.5) is 0 Å². The molecule has 1 aromatic heterocycles. The number of carbonyl (C=O) groups excluding carboxylic acids is 1. The summed E-state index contributed by atoms with van der Waals surface area (Å²) in [5.41, 5.74) is 2.35. The van der Waals surface area contributed by atoms with Crippen LogP contribution in [0.15, 0.2) is 59.2 Å². The second-order valence-corrected chi connectivity index (χ2v) is 9.84. The van der Waals surface area contributed by atoms with Gasteiger partial charge in [0.1, 0.15) is 17.2 Å². The number of ether oxygens (including phenoxy) is 1. The Morgan fingerprint density at radius 1 is 1.16 bits per heavy atom. The zero-order valence-electron chi connectivity index (χ0n) is 18.5. The summed E-state index contributed by atoms with van der Waals surface area (Å²) in [7, 11) is -1.28. The van der Waals surface area contributed by atoms with Crippen molar-refractivity contribution in [1.29, 1.82) is 0 Å². The van der Waals surface area contributed by atoms with E-state index in [1.807, 2.05) is 12.2 Å². The lowest BCUT2D eigenvalue weighted by molar-refractivity contribution is -0.161. The number of amides is 1. The molecule has 0 saturated carbocycles. The SMILES string of the molecule is O=C(CS(=O)Cc1ccco1)NC/C=C\COC1(N2CCCCC2)CCc2ccccc21. The molecule has 32 heavy (non-hydrogen) atoms. The van der Waals surface area contributed by atoms with E-state index in [0.717, 1.165) is 25.9 Å². The maximum absolute atomic E-state index is 12.0. The van der Waals surface area contributed by atoms with Gasteiger partial charge in [0, 0.05) is 36.0 Å². The minimum absolute atomic E-state index is 0.0279. The lowest BCUT2D eigenvalue weighted by Gasteiger charge is -2.43. The molecule has 1 aliphatic heterocycles. The summed E-state index contributed by atoms with van der Waals surface area (Å²) in [5.74, 6) is 0.628. The molecule has 1 fully saturated rings. The van der Waals surface area contributed by atoms with Crippen LogP contribution in [0.5, 0.6) is 0 Å². The molecule has 1 aliphatic carbocycles. The van der Waals surface area contributed by atoms with Gasteiger partial charge in [-0.3, -0.25) is 13.9 Å². The summed E-state index contributed by atoms with van der Waals surface area (Å²) in [6.07, 6.45) is 11.2. The predicted molar refractivity (Wildman–Crippen MR) is 125 cm³/mol. The molecule has 2 unspecified atom stereocenters. The number of likely N-dealkylation sites (tertiary alicyclic amines) is 1. The highest BCUT2D eigenvalue weighted by molar-refractivity contribution is 7.84. The van der Waals surface area contributed by atoms with Crippen LogP contribution in [-0.4, -0.2) is 47.0 Å². The van der Waals surface area contributed by atoms with E-state index in [-0.39, 0.29) is 23.1 Å². The van der Waals surface area contributed by atoms with Crippen LogP contribution < -0.4 is 5.32 Å². The van der Waals surface area contributed by atoms with E-state index in [1.54, 1.807) is 18.4 Å². The summed E-state index contributed by atoms with van der Waals surface area (Å²) in [6, 6.07) is 12.1. The van der Waals surface area contributed by atoms with Gasteiger partial charge in [0.05, 0.1) is 18.6 Å². The highest BCUT2D eigenvalue weighted by Gasteiger charge is 2.44. The predicted octanol–water partition coefficient (Wildman–Crippen LogP) is 3.50. The largest absolute Gasteiger partial charge is 0.468 e. The van der Waals surface area contributed by atoms with Gasteiger partial charge in [-0.05, 0) is 43.4 Å². The Bertz CT molecular complexity index is 937. The Morgan fingerprint density at radius 3 is 2.81 bits per heavy atom. The van der Waals surface area contributed by atoms with Crippen LogP contribution >= 0.6 is 0 Å². The topological polar surface area (TPSA) is 71.8 Å². The number of furan rings is 1. The van der Waals surface area contributed by atoms with Crippen molar-refractivity contribution in [3.05, 3.63) is 71.7 Å². The number of fused-ring (bicyclic) bond motifs is 1. The monoisotopic (exact) mass is 456 g/mol. The third-order valence-corrected chi connectivity index (χ3v) is 7.41. The summed E-state index contributed by atoms with van der Waals surface area (Å²) in [4.78, 5) is 14.5. The van der Waals surface area contributed by atoms with Crippen LogP contribution in [0.25, 0.3) is 0 Å². The molecule has 1 aromatic carbocycles. The molecule has 4 rings (SSSR count). The number of hydrogen-bond donors (Lipinski definition) is 1. The van der Waals surface area contributed by atoms with Crippen molar-refractivity contribution in [1.82, 2.24) is 10.2 Å². The average Bonchev–Trinajstić information content (AvgIpc) is 3.45. The molecule has 2 aliphatic rings. The van der Waals surface area contributed by atoms with E-state index in [2.05, 4.69) is 34.5 Å². The normalized spacial score (nSPS) is 22.1. The molecule has 0 spiro atoms. The van der Waals surface area contributed by atoms with E-state index < -0.39 is 10.8 Å². The molecule has 1 N–H and O–H groups in total. The quantitative estimate of drug-likeness (QED) is 0.554. The molecule has 172 valence electrons. The highest BCUT2D eigenvalue weighted by Crippen LogP contribution is 2.43. The molecule has 2 heterocycles. The fourth-order valence-electron chi connectivity index (χ4n) is 4.69. The van der Waals surface area contributed by atoms with Gasteiger partial charge in [-0.1, -0.05) is 42.8 Å². The van der Waals surface area contributed by atoms with Gasteiger partial charge >= 0.3 is 0 Å².